The Bertz CT molecular complexity index is 466. The summed E-state index contributed by atoms with van der Waals surface area (Å²) in [5, 5.41) is 0.233. The van der Waals surface area contributed by atoms with Gasteiger partial charge in [0.15, 0.2) is 0 Å². The van der Waals surface area contributed by atoms with Crippen LogP contribution >= 0.6 is 11.6 Å². The minimum absolute atomic E-state index is 0.233. The predicted octanol–water partition coefficient (Wildman–Crippen LogP) is 3.54. The van der Waals surface area contributed by atoms with E-state index in [1.165, 1.54) is 44.8 Å². The highest BCUT2D eigenvalue weighted by Crippen LogP contribution is 2.23. The Morgan fingerprint density at radius 1 is 1.15 bits per heavy atom. The summed E-state index contributed by atoms with van der Waals surface area (Å²) in [6.45, 7) is 5.63. The van der Waals surface area contributed by atoms with Crippen molar-refractivity contribution in [2.45, 2.75) is 38.3 Å². The molecule has 110 valence electrons. The van der Waals surface area contributed by atoms with E-state index < -0.39 is 0 Å². The fourth-order valence-electron chi connectivity index (χ4n) is 3.49. The van der Waals surface area contributed by atoms with E-state index in [-0.39, 0.29) is 10.8 Å². The smallest absolute Gasteiger partial charge is 0.141 e. The fraction of sp³-hybridized carbons (Fsp3) is 0.625. The molecule has 2 saturated heterocycles. The maximum absolute atomic E-state index is 13.2. The van der Waals surface area contributed by atoms with Crippen LogP contribution in [0.5, 0.6) is 0 Å². The Balaban J connectivity index is 1.65. The molecule has 2 nitrogen and oxygen atoms in total. The second kappa shape index (κ2) is 6.42. The Morgan fingerprint density at radius 3 is 2.85 bits per heavy atom. The standard InChI is InChI=1S/C16H22ClFN2/c17-15-10-13(5-6-16(15)18)11-19-7-3-9-20-8-2-1-4-14(20)12-19/h5-6,10,14H,1-4,7-9,11-12H2. The lowest BCUT2D eigenvalue weighted by molar-refractivity contribution is 0.135. The van der Waals surface area contributed by atoms with Crippen LogP contribution in [-0.4, -0.2) is 42.0 Å². The zero-order valence-electron chi connectivity index (χ0n) is 11.8. The van der Waals surface area contributed by atoms with Crippen LogP contribution in [0.4, 0.5) is 4.39 Å². The zero-order chi connectivity index (χ0) is 13.9. The topological polar surface area (TPSA) is 6.48 Å². The van der Waals surface area contributed by atoms with Crippen LogP contribution in [-0.2, 0) is 6.54 Å². The molecule has 0 aliphatic carbocycles. The highest BCUT2D eigenvalue weighted by atomic mass is 35.5. The Labute approximate surface area is 125 Å². The summed E-state index contributed by atoms with van der Waals surface area (Å²) in [6.07, 6.45) is 5.26. The van der Waals surface area contributed by atoms with Crippen LogP contribution in [0.2, 0.25) is 5.02 Å². The van der Waals surface area contributed by atoms with Crippen LogP contribution < -0.4 is 0 Å². The van der Waals surface area contributed by atoms with Crippen molar-refractivity contribution >= 4 is 11.6 Å². The molecule has 0 N–H and O–H groups in total. The van der Waals surface area contributed by atoms with Crippen LogP contribution in [0.3, 0.4) is 0 Å². The number of benzene rings is 1. The number of halogens is 2. The second-order valence-corrected chi connectivity index (χ2v) is 6.43. The molecule has 0 radical (unpaired) electrons. The summed E-state index contributed by atoms with van der Waals surface area (Å²) in [5.74, 6) is -0.329. The van der Waals surface area contributed by atoms with Crippen LogP contribution in [0.25, 0.3) is 0 Å². The van der Waals surface area contributed by atoms with Gasteiger partial charge in [0.25, 0.3) is 0 Å². The van der Waals surface area contributed by atoms with E-state index in [4.69, 9.17) is 11.6 Å². The molecule has 20 heavy (non-hydrogen) atoms. The highest BCUT2D eigenvalue weighted by Gasteiger charge is 2.26. The lowest BCUT2D eigenvalue weighted by atomic mass is 10.0. The first-order valence-electron chi connectivity index (χ1n) is 7.63. The van der Waals surface area contributed by atoms with Gasteiger partial charge in [-0.1, -0.05) is 24.1 Å². The maximum atomic E-state index is 13.2. The van der Waals surface area contributed by atoms with Gasteiger partial charge in [0.1, 0.15) is 5.82 Å². The van der Waals surface area contributed by atoms with Crippen molar-refractivity contribution in [3.05, 3.63) is 34.6 Å². The van der Waals surface area contributed by atoms with Crippen LogP contribution in [0, 0.1) is 5.82 Å². The third-order valence-corrected chi connectivity index (χ3v) is 4.82. The molecule has 0 bridgehead atoms. The van der Waals surface area contributed by atoms with E-state index in [0.717, 1.165) is 25.2 Å². The maximum Gasteiger partial charge on any atom is 0.141 e. The molecule has 1 unspecified atom stereocenters. The molecular formula is C16H22ClFN2. The van der Waals surface area contributed by atoms with E-state index in [1.807, 2.05) is 6.07 Å². The third-order valence-electron chi connectivity index (χ3n) is 4.53. The Kier molecular flexibility index (Phi) is 4.59. The van der Waals surface area contributed by atoms with Gasteiger partial charge < -0.3 is 0 Å². The summed E-state index contributed by atoms with van der Waals surface area (Å²) in [5.41, 5.74) is 1.11. The number of hydrogen-bond donors (Lipinski definition) is 0. The average Bonchev–Trinajstić information content (AvgIpc) is 2.64. The molecule has 0 spiro atoms. The van der Waals surface area contributed by atoms with Gasteiger partial charge in [0.05, 0.1) is 5.02 Å². The minimum Gasteiger partial charge on any atom is -0.299 e. The van der Waals surface area contributed by atoms with E-state index >= 15 is 0 Å². The largest absolute Gasteiger partial charge is 0.299 e. The van der Waals surface area contributed by atoms with Crippen molar-refractivity contribution in [1.82, 2.24) is 9.80 Å². The molecular weight excluding hydrogens is 275 g/mol. The molecule has 1 aromatic carbocycles. The van der Waals surface area contributed by atoms with Crippen molar-refractivity contribution in [3.8, 4) is 0 Å². The zero-order valence-corrected chi connectivity index (χ0v) is 12.6. The molecule has 1 aromatic rings. The van der Waals surface area contributed by atoms with Gasteiger partial charge in [0.2, 0.25) is 0 Å². The number of nitrogens with zero attached hydrogens (tertiary/aromatic N) is 2. The first-order chi connectivity index (χ1) is 9.72. The van der Waals surface area contributed by atoms with E-state index in [9.17, 15) is 4.39 Å². The van der Waals surface area contributed by atoms with E-state index in [1.54, 1.807) is 6.07 Å². The summed E-state index contributed by atoms with van der Waals surface area (Å²) < 4.78 is 13.2. The van der Waals surface area contributed by atoms with Gasteiger partial charge >= 0.3 is 0 Å². The van der Waals surface area contributed by atoms with Gasteiger partial charge in [-0.05, 0) is 56.6 Å². The van der Waals surface area contributed by atoms with Crippen molar-refractivity contribution in [2.75, 3.05) is 26.2 Å². The number of hydrogen-bond acceptors (Lipinski definition) is 2. The van der Waals surface area contributed by atoms with Crippen molar-refractivity contribution in [2.24, 2.45) is 0 Å². The SMILES string of the molecule is Fc1ccc(CN2CCCN3CCCCC3C2)cc1Cl. The van der Waals surface area contributed by atoms with E-state index in [2.05, 4.69) is 9.80 Å². The normalized spacial score (nSPS) is 25.2. The summed E-state index contributed by atoms with van der Waals surface area (Å²) in [4.78, 5) is 5.15. The van der Waals surface area contributed by atoms with Crippen LogP contribution in [0.1, 0.15) is 31.2 Å². The van der Waals surface area contributed by atoms with E-state index in [0.29, 0.717) is 6.04 Å². The lowest BCUT2D eigenvalue weighted by Gasteiger charge is -2.35. The lowest BCUT2D eigenvalue weighted by Crippen LogP contribution is -2.43. The number of piperidine rings is 1. The van der Waals surface area contributed by atoms with Gasteiger partial charge in [-0.3, -0.25) is 9.80 Å². The summed E-state index contributed by atoms with van der Waals surface area (Å²) in [6, 6.07) is 5.80. The first-order valence-corrected chi connectivity index (χ1v) is 8.00. The Hall–Kier alpha value is -0.640. The molecule has 2 heterocycles. The van der Waals surface area contributed by atoms with Gasteiger partial charge in [0, 0.05) is 19.1 Å². The molecule has 0 aromatic heterocycles. The van der Waals surface area contributed by atoms with Gasteiger partial charge in [-0.2, -0.15) is 0 Å². The molecule has 3 rings (SSSR count). The molecule has 0 saturated carbocycles. The summed E-state index contributed by atoms with van der Waals surface area (Å²) >= 11 is 5.87. The highest BCUT2D eigenvalue weighted by molar-refractivity contribution is 6.30. The predicted molar refractivity (Wildman–Crippen MR) is 80.5 cm³/mol. The van der Waals surface area contributed by atoms with Gasteiger partial charge in [-0.15, -0.1) is 0 Å². The quantitative estimate of drug-likeness (QED) is 0.824. The fourth-order valence-corrected chi connectivity index (χ4v) is 3.69. The number of rotatable bonds is 2. The molecule has 4 heteroatoms. The molecule has 2 aliphatic rings. The summed E-state index contributed by atoms with van der Waals surface area (Å²) in [7, 11) is 0. The molecule has 1 atom stereocenters. The Morgan fingerprint density at radius 2 is 2.00 bits per heavy atom. The first kappa shape index (κ1) is 14.3. The minimum atomic E-state index is -0.329. The van der Waals surface area contributed by atoms with Crippen molar-refractivity contribution < 1.29 is 4.39 Å². The van der Waals surface area contributed by atoms with Crippen molar-refractivity contribution in [3.63, 3.8) is 0 Å². The molecule has 2 aliphatic heterocycles. The monoisotopic (exact) mass is 296 g/mol. The van der Waals surface area contributed by atoms with Crippen molar-refractivity contribution in [1.29, 1.82) is 0 Å². The van der Waals surface area contributed by atoms with Gasteiger partial charge in [-0.25, -0.2) is 4.39 Å². The molecule has 2 fully saturated rings. The van der Waals surface area contributed by atoms with Crippen LogP contribution in [0.15, 0.2) is 18.2 Å². The second-order valence-electron chi connectivity index (χ2n) is 6.02. The molecule has 0 amide bonds. The average molecular weight is 297 g/mol. The number of fused-ring (bicyclic) bond motifs is 1. The third kappa shape index (κ3) is 3.33.